The third-order valence-corrected chi connectivity index (χ3v) is 3.33. The maximum atomic E-state index is 11.8. The number of rotatable bonds is 3. The van der Waals surface area contributed by atoms with E-state index in [1.54, 1.807) is 0 Å². The van der Waals surface area contributed by atoms with E-state index < -0.39 is 11.6 Å². The number of amides is 4. The van der Waals surface area contributed by atoms with Crippen LogP contribution >= 0.6 is 0 Å². The van der Waals surface area contributed by atoms with Crippen molar-refractivity contribution in [1.82, 2.24) is 15.5 Å². The molecule has 98 valence electrons. The molecule has 7 heteroatoms. The van der Waals surface area contributed by atoms with E-state index in [2.05, 4.69) is 10.6 Å². The molecule has 1 spiro atoms. The first-order valence-corrected chi connectivity index (χ1v) is 5.84. The first kappa shape index (κ1) is 12.5. The van der Waals surface area contributed by atoms with Gasteiger partial charge in [0, 0.05) is 19.4 Å². The third-order valence-electron chi connectivity index (χ3n) is 3.33. The normalized spacial score (nSPS) is 26.4. The molecule has 18 heavy (non-hydrogen) atoms. The Balaban J connectivity index is 1.96. The van der Waals surface area contributed by atoms with Crippen molar-refractivity contribution in [3.63, 3.8) is 0 Å². The number of likely N-dealkylation sites (tertiary alicyclic amines) is 1. The van der Waals surface area contributed by atoms with Crippen LogP contribution in [0.1, 0.15) is 26.2 Å². The van der Waals surface area contributed by atoms with Crippen molar-refractivity contribution >= 4 is 23.6 Å². The number of hydrogen-bond donors (Lipinski definition) is 2. The van der Waals surface area contributed by atoms with Gasteiger partial charge in [-0.1, -0.05) is 0 Å². The van der Waals surface area contributed by atoms with Gasteiger partial charge in [0.1, 0.15) is 11.3 Å². The van der Waals surface area contributed by atoms with Crippen LogP contribution in [0.5, 0.6) is 0 Å². The summed E-state index contributed by atoms with van der Waals surface area (Å²) >= 11 is 0. The van der Waals surface area contributed by atoms with Crippen molar-refractivity contribution in [3.8, 4) is 0 Å². The molecular weight excluding hydrogens is 238 g/mol. The Kier molecular flexibility index (Phi) is 3.06. The fraction of sp³-hybridized carbons (Fsp3) is 0.636. The second-order valence-corrected chi connectivity index (χ2v) is 4.76. The number of carbonyl (C=O) groups excluding carboxylic acids is 4. The predicted molar refractivity (Wildman–Crippen MR) is 60.5 cm³/mol. The number of imide groups is 1. The molecule has 2 saturated heterocycles. The number of carbonyl (C=O) groups is 4. The van der Waals surface area contributed by atoms with E-state index in [1.165, 1.54) is 11.8 Å². The number of hydrogen-bond acceptors (Lipinski definition) is 4. The summed E-state index contributed by atoms with van der Waals surface area (Å²) in [7, 11) is 0. The molecule has 0 aliphatic carbocycles. The fourth-order valence-electron chi connectivity index (χ4n) is 2.28. The van der Waals surface area contributed by atoms with Crippen LogP contribution in [0, 0.1) is 0 Å². The van der Waals surface area contributed by atoms with E-state index in [1.807, 2.05) is 0 Å². The minimum absolute atomic E-state index is 0.0378. The Morgan fingerprint density at radius 2 is 2.06 bits per heavy atom. The van der Waals surface area contributed by atoms with E-state index in [-0.39, 0.29) is 37.0 Å². The average Bonchev–Trinajstić information content (AvgIpc) is 2.81. The number of nitrogens with one attached hydrogen (secondary N) is 2. The molecule has 1 unspecified atom stereocenters. The molecule has 2 heterocycles. The molecule has 7 nitrogen and oxygen atoms in total. The van der Waals surface area contributed by atoms with E-state index >= 15 is 0 Å². The highest BCUT2D eigenvalue weighted by Gasteiger charge is 2.51. The van der Waals surface area contributed by atoms with Crippen molar-refractivity contribution in [3.05, 3.63) is 0 Å². The van der Waals surface area contributed by atoms with Gasteiger partial charge in [0.05, 0.1) is 6.54 Å². The number of nitrogens with zero attached hydrogens (tertiary/aromatic N) is 1. The van der Waals surface area contributed by atoms with Gasteiger partial charge in [-0.2, -0.15) is 0 Å². The Labute approximate surface area is 104 Å². The van der Waals surface area contributed by atoms with Crippen molar-refractivity contribution in [1.29, 1.82) is 0 Å². The Morgan fingerprint density at radius 3 is 2.61 bits per heavy atom. The minimum Gasteiger partial charge on any atom is -0.340 e. The standard InChI is InChI=1S/C11H15N3O4/c1-7(15)2-3-8(16)14-5-4-11(6-14)9(17)12-10(18)13-11/h2-6H2,1H3,(H2,12,13,17,18). The molecule has 2 N–H and O–H groups in total. The molecule has 1 atom stereocenters. The first-order chi connectivity index (χ1) is 8.43. The lowest BCUT2D eigenvalue weighted by Crippen LogP contribution is -2.49. The van der Waals surface area contributed by atoms with Gasteiger partial charge >= 0.3 is 6.03 Å². The van der Waals surface area contributed by atoms with Gasteiger partial charge in [0.15, 0.2) is 0 Å². The van der Waals surface area contributed by atoms with Gasteiger partial charge < -0.3 is 15.0 Å². The average molecular weight is 253 g/mol. The van der Waals surface area contributed by atoms with Gasteiger partial charge in [-0.15, -0.1) is 0 Å². The summed E-state index contributed by atoms with van der Waals surface area (Å²) in [5, 5.41) is 4.75. The maximum Gasteiger partial charge on any atom is 0.322 e. The van der Waals surface area contributed by atoms with E-state index in [0.29, 0.717) is 13.0 Å². The molecule has 2 rings (SSSR count). The number of Topliss-reactive ketones (excluding diaryl/α,β-unsaturated/α-hetero) is 1. The molecule has 0 bridgehead atoms. The van der Waals surface area contributed by atoms with Crippen LogP contribution in [0.2, 0.25) is 0 Å². The van der Waals surface area contributed by atoms with Gasteiger partial charge in [-0.05, 0) is 13.3 Å². The summed E-state index contributed by atoms with van der Waals surface area (Å²) < 4.78 is 0. The molecule has 0 saturated carbocycles. The number of urea groups is 1. The second-order valence-electron chi connectivity index (χ2n) is 4.76. The molecule has 0 aromatic heterocycles. The van der Waals surface area contributed by atoms with E-state index in [4.69, 9.17) is 0 Å². The fourth-order valence-corrected chi connectivity index (χ4v) is 2.28. The first-order valence-electron chi connectivity index (χ1n) is 5.84. The molecule has 2 aliphatic heterocycles. The van der Waals surface area contributed by atoms with E-state index in [0.717, 1.165) is 0 Å². The Morgan fingerprint density at radius 1 is 1.33 bits per heavy atom. The SMILES string of the molecule is CC(=O)CCC(=O)N1CCC2(C1)NC(=O)NC2=O. The van der Waals surface area contributed by atoms with Gasteiger partial charge in [0.25, 0.3) is 5.91 Å². The second kappa shape index (κ2) is 4.40. The lowest BCUT2D eigenvalue weighted by Gasteiger charge is -2.20. The van der Waals surface area contributed by atoms with Crippen LogP contribution in [0.25, 0.3) is 0 Å². The molecule has 2 aliphatic rings. The summed E-state index contributed by atoms with van der Waals surface area (Å²) in [4.78, 5) is 46.9. The summed E-state index contributed by atoms with van der Waals surface area (Å²) in [6.45, 7) is 2.04. The number of ketones is 1. The third kappa shape index (κ3) is 2.20. The van der Waals surface area contributed by atoms with Gasteiger partial charge in [-0.3, -0.25) is 14.9 Å². The lowest BCUT2D eigenvalue weighted by molar-refractivity contribution is -0.132. The summed E-state index contributed by atoms with van der Waals surface area (Å²) in [5.74, 6) is -0.574. The summed E-state index contributed by atoms with van der Waals surface area (Å²) in [6, 6.07) is -0.516. The van der Waals surface area contributed by atoms with E-state index in [9.17, 15) is 19.2 Å². The van der Waals surface area contributed by atoms with Crippen molar-refractivity contribution in [2.75, 3.05) is 13.1 Å². The zero-order valence-electron chi connectivity index (χ0n) is 10.1. The van der Waals surface area contributed by atoms with Crippen LogP contribution in [-0.4, -0.2) is 47.2 Å². The zero-order chi connectivity index (χ0) is 13.3. The minimum atomic E-state index is -0.969. The largest absolute Gasteiger partial charge is 0.340 e. The van der Waals surface area contributed by atoms with Crippen molar-refractivity contribution in [2.24, 2.45) is 0 Å². The van der Waals surface area contributed by atoms with Gasteiger partial charge in [0.2, 0.25) is 5.91 Å². The molecule has 0 aromatic carbocycles. The lowest BCUT2D eigenvalue weighted by atomic mass is 9.99. The molecule has 2 fully saturated rings. The van der Waals surface area contributed by atoms with Gasteiger partial charge in [-0.25, -0.2) is 4.79 Å². The Hall–Kier alpha value is -1.92. The van der Waals surface area contributed by atoms with Crippen molar-refractivity contribution in [2.45, 2.75) is 31.7 Å². The molecule has 0 radical (unpaired) electrons. The summed E-state index contributed by atoms with van der Waals surface area (Å²) in [6.07, 6.45) is 0.776. The highest BCUT2D eigenvalue weighted by atomic mass is 16.2. The predicted octanol–water partition coefficient (Wildman–Crippen LogP) is -0.834. The highest BCUT2D eigenvalue weighted by molar-refractivity contribution is 6.07. The topological polar surface area (TPSA) is 95.6 Å². The van der Waals surface area contributed by atoms with Crippen LogP contribution in [-0.2, 0) is 14.4 Å². The highest BCUT2D eigenvalue weighted by Crippen LogP contribution is 2.25. The van der Waals surface area contributed by atoms with Crippen LogP contribution in [0.15, 0.2) is 0 Å². The smallest absolute Gasteiger partial charge is 0.322 e. The quantitative estimate of drug-likeness (QED) is 0.641. The Bertz CT molecular complexity index is 434. The monoisotopic (exact) mass is 253 g/mol. The summed E-state index contributed by atoms with van der Waals surface area (Å²) in [5.41, 5.74) is -0.969. The van der Waals surface area contributed by atoms with Crippen LogP contribution in [0.3, 0.4) is 0 Å². The molecule has 0 aromatic rings. The molecule has 4 amide bonds. The van der Waals surface area contributed by atoms with Crippen LogP contribution < -0.4 is 10.6 Å². The molecular formula is C11H15N3O4. The zero-order valence-corrected chi connectivity index (χ0v) is 10.1. The van der Waals surface area contributed by atoms with Crippen molar-refractivity contribution < 1.29 is 19.2 Å². The maximum absolute atomic E-state index is 11.8. The van der Waals surface area contributed by atoms with Crippen LogP contribution in [0.4, 0.5) is 4.79 Å².